The van der Waals surface area contributed by atoms with Gasteiger partial charge in [-0.15, -0.1) is 0 Å². The third kappa shape index (κ3) is 4.50. The van der Waals surface area contributed by atoms with Crippen molar-refractivity contribution in [3.63, 3.8) is 0 Å². The second-order valence-corrected chi connectivity index (χ2v) is 6.85. The minimum absolute atomic E-state index is 0.142. The third-order valence-corrected chi connectivity index (χ3v) is 4.89. The van der Waals surface area contributed by atoms with Gasteiger partial charge in [0.25, 0.3) is 0 Å². The molecule has 0 saturated carbocycles. The lowest BCUT2D eigenvalue weighted by Gasteiger charge is -2.28. The zero-order valence-corrected chi connectivity index (χ0v) is 15.4. The molecule has 8 nitrogen and oxygen atoms in total. The van der Waals surface area contributed by atoms with Gasteiger partial charge in [-0.2, -0.15) is 16.3 Å². The molecule has 1 fully saturated rings. The summed E-state index contributed by atoms with van der Waals surface area (Å²) in [5, 5.41) is 10.6. The number of aryl methyl sites for hydroxylation is 1. The van der Waals surface area contributed by atoms with E-state index in [1.165, 1.54) is 0 Å². The van der Waals surface area contributed by atoms with Gasteiger partial charge in [-0.25, -0.2) is 4.98 Å². The van der Waals surface area contributed by atoms with Crippen LogP contribution in [0.15, 0.2) is 39.7 Å². The molecule has 1 saturated heterocycles. The van der Waals surface area contributed by atoms with Crippen molar-refractivity contribution in [1.29, 1.82) is 0 Å². The van der Waals surface area contributed by atoms with Crippen molar-refractivity contribution in [3.05, 3.63) is 41.0 Å². The van der Waals surface area contributed by atoms with E-state index in [1.54, 1.807) is 17.5 Å². The van der Waals surface area contributed by atoms with Gasteiger partial charge in [-0.1, -0.05) is 5.16 Å². The van der Waals surface area contributed by atoms with E-state index in [1.807, 2.05) is 29.0 Å². The molecule has 3 aromatic heterocycles. The quantitative estimate of drug-likeness (QED) is 0.697. The smallest absolute Gasteiger partial charge is 0.227 e. The maximum absolute atomic E-state index is 12.1. The number of nitrogens with zero attached hydrogens (tertiary/aromatic N) is 4. The number of carbonyl (C=O) groups excluding carboxylic acids is 1. The number of pyridine rings is 1. The lowest BCUT2D eigenvalue weighted by Crippen LogP contribution is -2.36. The van der Waals surface area contributed by atoms with Crippen molar-refractivity contribution >= 4 is 28.7 Å². The molecule has 9 heteroatoms. The lowest BCUT2D eigenvalue weighted by molar-refractivity contribution is -0.116. The van der Waals surface area contributed by atoms with E-state index in [0.717, 1.165) is 37.6 Å². The highest BCUT2D eigenvalue weighted by Crippen LogP contribution is 2.19. The number of aromatic nitrogens is 3. The second-order valence-electron chi connectivity index (χ2n) is 6.07. The first-order chi connectivity index (χ1) is 13.3. The van der Waals surface area contributed by atoms with E-state index in [-0.39, 0.29) is 12.3 Å². The van der Waals surface area contributed by atoms with Gasteiger partial charge >= 0.3 is 0 Å². The van der Waals surface area contributed by atoms with Crippen molar-refractivity contribution in [1.82, 2.24) is 15.1 Å². The van der Waals surface area contributed by atoms with Gasteiger partial charge in [-0.05, 0) is 23.6 Å². The van der Waals surface area contributed by atoms with Gasteiger partial charge in [-0.3, -0.25) is 4.79 Å². The van der Waals surface area contributed by atoms with Crippen LogP contribution < -0.4 is 10.2 Å². The first-order valence-electron chi connectivity index (χ1n) is 8.72. The van der Waals surface area contributed by atoms with E-state index < -0.39 is 0 Å². The number of hydrogen-bond acceptors (Lipinski definition) is 8. The van der Waals surface area contributed by atoms with Gasteiger partial charge < -0.3 is 19.5 Å². The van der Waals surface area contributed by atoms with Crippen molar-refractivity contribution < 1.29 is 14.1 Å². The Morgan fingerprint density at radius 1 is 1.26 bits per heavy atom. The van der Waals surface area contributed by atoms with Gasteiger partial charge in [0.15, 0.2) is 0 Å². The minimum Gasteiger partial charge on any atom is -0.378 e. The van der Waals surface area contributed by atoms with E-state index >= 15 is 0 Å². The minimum atomic E-state index is -0.142. The molecule has 1 amide bonds. The summed E-state index contributed by atoms with van der Waals surface area (Å²) in [5.74, 6) is 1.38. The molecular formula is C18H19N5O3S. The highest BCUT2D eigenvalue weighted by Gasteiger charge is 2.13. The van der Waals surface area contributed by atoms with Gasteiger partial charge in [0.1, 0.15) is 5.82 Å². The molecular weight excluding hydrogens is 366 g/mol. The molecule has 1 aliphatic rings. The highest BCUT2D eigenvalue weighted by molar-refractivity contribution is 7.08. The van der Waals surface area contributed by atoms with Crippen LogP contribution in [0.2, 0.25) is 0 Å². The largest absolute Gasteiger partial charge is 0.378 e. The van der Waals surface area contributed by atoms with E-state index in [4.69, 9.17) is 9.26 Å². The van der Waals surface area contributed by atoms with Crippen molar-refractivity contribution in [2.24, 2.45) is 0 Å². The number of nitrogens with one attached hydrogen (secondary N) is 1. The molecule has 0 aliphatic carbocycles. The number of ether oxygens (including phenoxy) is 1. The fourth-order valence-electron chi connectivity index (χ4n) is 2.76. The van der Waals surface area contributed by atoms with Crippen LogP contribution in [0.3, 0.4) is 0 Å². The number of anilines is 2. The summed E-state index contributed by atoms with van der Waals surface area (Å²) in [6, 6.07) is 5.70. The van der Waals surface area contributed by atoms with E-state index in [2.05, 4.69) is 25.3 Å². The molecule has 0 aromatic carbocycles. The zero-order chi connectivity index (χ0) is 18.5. The van der Waals surface area contributed by atoms with Gasteiger partial charge in [0, 0.05) is 36.9 Å². The molecule has 140 valence electrons. The summed E-state index contributed by atoms with van der Waals surface area (Å²) in [7, 11) is 0. The summed E-state index contributed by atoms with van der Waals surface area (Å²) in [6.07, 6.45) is 2.40. The Bertz CT molecular complexity index is 873. The number of hydrogen-bond donors (Lipinski definition) is 1. The molecule has 0 unspecified atom stereocenters. The first-order valence-corrected chi connectivity index (χ1v) is 9.66. The predicted molar refractivity (Wildman–Crippen MR) is 102 cm³/mol. The topological polar surface area (TPSA) is 93.4 Å². The fourth-order valence-corrected chi connectivity index (χ4v) is 3.39. The number of carbonyl (C=O) groups is 1. The molecule has 4 heterocycles. The number of thiophene rings is 1. The first kappa shape index (κ1) is 17.6. The number of morpholine rings is 1. The number of amides is 1. The van der Waals surface area contributed by atoms with Crippen LogP contribution >= 0.6 is 11.3 Å². The Morgan fingerprint density at radius 3 is 2.89 bits per heavy atom. The van der Waals surface area contributed by atoms with Crippen molar-refractivity contribution in [3.8, 4) is 11.4 Å². The maximum atomic E-state index is 12.1. The Labute approximate surface area is 160 Å². The van der Waals surface area contributed by atoms with Gasteiger partial charge in [0.2, 0.25) is 17.6 Å². The highest BCUT2D eigenvalue weighted by atomic mass is 32.1. The maximum Gasteiger partial charge on any atom is 0.227 e. The second kappa shape index (κ2) is 8.28. The van der Waals surface area contributed by atoms with E-state index in [0.29, 0.717) is 24.0 Å². The molecule has 1 N–H and O–H groups in total. The fraction of sp³-hybridized carbons (Fsp3) is 0.333. The van der Waals surface area contributed by atoms with Crippen LogP contribution in [0.25, 0.3) is 11.4 Å². The molecule has 3 aromatic rings. The van der Waals surface area contributed by atoms with E-state index in [9.17, 15) is 4.79 Å². The molecule has 27 heavy (non-hydrogen) atoms. The summed E-state index contributed by atoms with van der Waals surface area (Å²) in [5.41, 5.74) is 1.95. The normalized spacial score (nSPS) is 14.3. The predicted octanol–water partition coefficient (Wildman–Crippen LogP) is 2.60. The zero-order valence-electron chi connectivity index (χ0n) is 14.6. The van der Waals surface area contributed by atoms with Crippen LogP contribution in [0.4, 0.5) is 11.5 Å². The molecule has 4 rings (SSSR count). The average molecular weight is 385 g/mol. The molecule has 0 atom stereocenters. The van der Waals surface area contributed by atoms with Gasteiger partial charge in [0.05, 0.1) is 25.1 Å². The van der Waals surface area contributed by atoms with Crippen LogP contribution in [0, 0.1) is 0 Å². The molecule has 0 radical (unpaired) electrons. The van der Waals surface area contributed by atoms with Crippen molar-refractivity contribution in [2.75, 3.05) is 36.5 Å². The third-order valence-electron chi connectivity index (χ3n) is 4.20. The monoisotopic (exact) mass is 385 g/mol. The molecule has 0 spiro atoms. The number of rotatable bonds is 6. The van der Waals surface area contributed by atoms with Crippen LogP contribution in [-0.4, -0.2) is 47.3 Å². The Morgan fingerprint density at radius 2 is 2.15 bits per heavy atom. The average Bonchev–Trinajstić information content (AvgIpc) is 3.39. The summed E-state index contributed by atoms with van der Waals surface area (Å²) < 4.78 is 10.6. The van der Waals surface area contributed by atoms with Crippen LogP contribution in [-0.2, 0) is 16.0 Å². The Hall–Kier alpha value is -2.78. The van der Waals surface area contributed by atoms with Crippen molar-refractivity contribution in [2.45, 2.75) is 12.8 Å². The van der Waals surface area contributed by atoms with Crippen LogP contribution in [0.5, 0.6) is 0 Å². The molecule has 1 aliphatic heterocycles. The standard InChI is InChI=1S/C18H19N5O3S/c24-16(3-4-17-21-18(22-26-17)13-5-10-27-12-13)20-15-2-1-14(11-19-15)23-6-8-25-9-7-23/h1-2,5,10-12H,3-4,6-9H2,(H,19,20,24). The summed E-state index contributed by atoms with van der Waals surface area (Å²) in [6.45, 7) is 3.15. The Balaban J connectivity index is 1.28. The van der Waals surface area contributed by atoms with Crippen LogP contribution in [0.1, 0.15) is 12.3 Å². The summed E-state index contributed by atoms with van der Waals surface area (Å²) >= 11 is 1.57. The molecule has 0 bridgehead atoms. The Kier molecular flexibility index (Phi) is 5.40. The SMILES string of the molecule is O=C(CCc1nc(-c2ccsc2)no1)Nc1ccc(N2CCOCC2)cn1. The lowest BCUT2D eigenvalue weighted by atomic mass is 10.3. The summed E-state index contributed by atoms with van der Waals surface area (Å²) in [4.78, 5) is 23.0.